The molecule has 0 radical (unpaired) electrons. The Hall–Kier alpha value is -1.59. The molecule has 2 heterocycles. The predicted molar refractivity (Wildman–Crippen MR) is 81.3 cm³/mol. The lowest BCUT2D eigenvalue weighted by Gasteiger charge is -2.11. The third kappa shape index (κ3) is 3.36. The molecule has 1 aromatic heterocycles. The second kappa shape index (κ2) is 6.45. The smallest absolute Gasteiger partial charge is 0.221 e. The maximum absolute atomic E-state index is 11.9. The molecule has 21 heavy (non-hydrogen) atoms. The first kappa shape index (κ1) is 14.4. The number of carbonyl (C=O) groups is 1. The minimum absolute atomic E-state index is 0.0242. The summed E-state index contributed by atoms with van der Waals surface area (Å²) in [6.45, 7) is 1.95. The van der Waals surface area contributed by atoms with Gasteiger partial charge < -0.3 is 10.1 Å². The van der Waals surface area contributed by atoms with Crippen LogP contribution in [0, 0.1) is 0 Å². The lowest BCUT2D eigenvalue weighted by Crippen LogP contribution is -2.32. The fourth-order valence-electron chi connectivity index (χ4n) is 2.58. The second-order valence-electron chi connectivity index (χ2n) is 5.23. The number of amides is 1. The Morgan fingerprint density at radius 1 is 1.52 bits per heavy atom. The first-order chi connectivity index (χ1) is 10.2. The third-order valence-corrected chi connectivity index (χ3v) is 4.07. The number of carbonyl (C=O) groups excluding carboxylic acids is 1. The summed E-state index contributed by atoms with van der Waals surface area (Å²) in [6.07, 6.45) is 4.43. The standard InChI is InChI=1S/C15H18ClN3O2/c16-13-4-1-5-14-12(13)10-18-19(14)7-6-15(20)17-9-11-3-2-8-21-11/h1,4-5,10-11H,2-3,6-9H2,(H,17,20)/t11-/m0/s1. The van der Waals surface area contributed by atoms with Gasteiger partial charge in [0.1, 0.15) is 0 Å². The number of benzene rings is 1. The Bertz CT molecular complexity index is 635. The summed E-state index contributed by atoms with van der Waals surface area (Å²) in [5.41, 5.74) is 0.953. The number of fused-ring (bicyclic) bond motifs is 1. The zero-order chi connectivity index (χ0) is 14.7. The second-order valence-corrected chi connectivity index (χ2v) is 5.64. The minimum atomic E-state index is 0.0242. The SMILES string of the molecule is O=C(CCn1ncc2c(Cl)cccc21)NC[C@@H]1CCCO1. The zero-order valence-corrected chi connectivity index (χ0v) is 12.5. The van der Waals surface area contributed by atoms with E-state index in [1.165, 1.54) is 0 Å². The molecule has 2 aromatic rings. The molecule has 0 saturated carbocycles. The zero-order valence-electron chi connectivity index (χ0n) is 11.7. The molecular weight excluding hydrogens is 290 g/mol. The number of aromatic nitrogens is 2. The van der Waals surface area contributed by atoms with Crippen molar-refractivity contribution in [3.63, 3.8) is 0 Å². The molecular formula is C15H18ClN3O2. The predicted octanol–water partition coefficient (Wildman–Crippen LogP) is 2.38. The van der Waals surface area contributed by atoms with E-state index in [0.29, 0.717) is 24.5 Å². The summed E-state index contributed by atoms with van der Waals surface area (Å²) in [4.78, 5) is 11.9. The van der Waals surface area contributed by atoms with Gasteiger partial charge in [-0.05, 0) is 25.0 Å². The molecule has 1 aliphatic rings. The first-order valence-corrected chi connectivity index (χ1v) is 7.60. The Morgan fingerprint density at radius 3 is 3.24 bits per heavy atom. The van der Waals surface area contributed by atoms with Gasteiger partial charge in [0.05, 0.1) is 29.4 Å². The van der Waals surface area contributed by atoms with Crippen LogP contribution in [0.1, 0.15) is 19.3 Å². The first-order valence-electron chi connectivity index (χ1n) is 7.22. The van der Waals surface area contributed by atoms with Crippen LogP contribution in [0.25, 0.3) is 10.9 Å². The number of ether oxygens (including phenoxy) is 1. The van der Waals surface area contributed by atoms with Crippen LogP contribution in [0.5, 0.6) is 0 Å². The van der Waals surface area contributed by atoms with E-state index in [-0.39, 0.29) is 12.0 Å². The lowest BCUT2D eigenvalue weighted by molar-refractivity contribution is -0.121. The number of nitrogens with one attached hydrogen (secondary N) is 1. The molecule has 6 heteroatoms. The van der Waals surface area contributed by atoms with Crippen molar-refractivity contribution < 1.29 is 9.53 Å². The number of halogens is 1. The van der Waals surface area contributed by atoms with Gasteiger partial charge in [-0.1, -0.05) is 17.7 Å². The minimum Gasteiger partial charge on any atom is -0.376 e. The molecule has 1 N–H and O–H groups in total. The van der Waals surface area contributed by atoms with Crippen LogP contribution in [0.2, 0.25) is 5.02 Å². The van der Waals surface area contributed by atoms with Gasteiger partial charge in [-0.3, -0.25) is 9.48 Å². The van der Waals surface area contributed by atoms with Crippen LogP contribution in [-0.2, 0) is 16.1 Å². The molecule has 1 aromatic carbocycles. The van der Waals surface area contributed by atoms with Gasteiger partial charge in [0.25, 0.3) is 0 Å². The van der Waals surface area contributed by atoms with Crippen molar-refractivity contribution in [3.8, 4) is 0 Å². The van der Waals surface area contributed by atoms with Gasteiger partial charge >= 0.3 is 0 Å². The Kier molecular flexibility index (Phi) is 4.41. The Labute approximate surface area is 128 Å². The summed E-state index contributed by atoms with van der Waals surface area (Å²) in [5, 5.41) is 8.81. The Balaban J connectivity index is 1.53. The molecule has 0 bridgehead atoms. The average molecular weight is 308 g/mol. The maximum Gasteiger partial charge on any atom is 0.221 e. The van der Waals surface area contributed by atoms with E-state index < -0.39 is 0 Å². The molecule has 5 nitrogen and oxygen atoms in total. The van der Waals surface area contributed by atoms with Crippen LogP contribution in [-0.4, -0.2) is 34.9 Å². The highest BCUT2D eigenvalue weighted by atomic mass is 35.5. The van der Waals surface area contributed by atoms with E-state index in [1.807, 2.05) is 22.9 Å². The van der Waals surface area contributed by atoms with E-state index in [1.54, 1.807) is 6.20 Å². The number of hydrogen-bond donors (Lipinski definition) is 1. The van der Waals surface area contributed by atoms with E-state index >= 15 is 0 Å². The van der Waals surface area contributed by atoms with Gasteiger partial charge in [0.2, 0.25) is 5.91 Å². The van der Waals surface area contributed by atoms with Crippen LogP contribution >= 0.6 is 11.6 Å². The average Bonchev–Trinajstić information content (AvgIpc) is 3.13. The van der Waals surface area contributed by atoms with Crippen molar-refractivity contribution in [2.45, 2.75) is 31.9 Å². The quantitative estimate of drug-likeness (QED) is 0.922. The van der Waals surface area contributed by atoms with Crippen LogP contribution in [0.15, 0.2) is 24.4 Å². The van der Waals surface area contributed by atoms with Gasteiger partial charge in [0, 0.05) is 25.0 Å². The molecule has 0 spiro atoms. The number of aryl methyl sites for hydroxylation is 1. The largest absolute Gasteiger partial charge is 0.376 e. The van der Waals surface area contributed by atoms with Crippen molar-refractivity contribution in [2.75, 3.05) is 13.2 Å². The monoisotopic (exact) mass is 307 g/mol. The van der Waals surface area contributed by atoms with Gasteiger partial charge in [-0.2, -0.15) is 5.10 Å². The molecule has 1 atom stereocenters. The highest BCUT2D eigenvalue weighted by molar-refractivity contribution is 6.35. The maximum atomic E-state index is 11.9. The van der Waals surface area contributed by atoms with Crippen molar-refractivity contribution in [1.29, 1.82) is 0 Å². The van der Waals surface area contributed by atoms with Gasteiger partial charge in [0.15, 0.2) is 0 Å². The van der Waals surface area contributed by atoms with Crippen molar-refractivity contribution in [3.05, 3.63) is 29.4 Å². The Morgan fingerprint density at radius 2 is 2.43 bits per heavy atom. The van der Waals surface area contributed by atoms with Crippen LogP contribution in [0.3, 0.4) is 0 Å². The topological polar surface area (TPSA) is 56.2 Å². The summed E-state index contributed by atoms with van der Waals surface area (Å²) in [7, 11) is 0. The molecule has 1 amide bonds. The van der Waals surface area contributed by atoms with Crippen molar-refractivity contribution in [1.82, 2.24) is 15.1 Å². The van der Waals surface area contributed by atoms with Crippen molar-refractivity contribution >= 4 is 28.4 Å². The normalized spacial score (nSPS) is 18.2. The summed E-state index contributed by atoms with van der Waals surface area (Å²) in [5.74, 6) is 0.0242. The summed E-state index contributed by atoms with van der Waals surface area (Å²) >= 11 is 6.11. The number of rotatable bonds is 5. The highest BCUT2D eigenvalue weighted by Crippen LogP contribution is 2.22. The number of hydrogen-bond acceptors (Lipinski definition) is 3. The van der Waals surface area contributed by atoms with E-state index in [2.05, 4.69) is 10.4 Å². The molecule has 1 fully saturated rings. The highest BCUT2D eigenvalue weighted by Gasteiger charge is 2.16. The molecule has 1 saturated heterocycles. The fourth-order valence-corrected chi connectivity index (χ4v) is 2.79. The molecule has 112 valence electrons. The number of nitrogens with zero attached hydrogens (tertiary/aromatic N) is 2. The lowest BCUT2D eigenvalue weighted by atomic mass is 10.2. The van der Waals surface area contributed by atoms with E-state index in [4.69, 9.17) is 16.3 Å². The van der Waals surface area contributed by atoms with Crippen molar-refractivity contribution in [2.24, 2.45) is 0 Å². The summed E-state index contributed by atoms with van der Waals surface area (Å²) < 4.78 is 7.29. The van der Waals surface area contributed by atoms with E-state index in [9.17, 15) is 4.79 Å². The summed E-state index contributed by atoms with van der Waals surface area (Å²) in [6, 6.07) is 5.68. The molecule has 0 aliphatic carbocycles. The molecule has 3 rings (SSSR count). The third-order valence-electron chi connectivity index (χ3n) is 3.74. The molecule has 0 unspecified atom stereocenters. The van der Waals surface area contributed by atoms with Gasteiger partial charge in [-0.15, -0.1) is 0 Å². The van der Waals surface area contributed by atoms with Gasteiger partial charge in [-0.25, -0.2) is 0 Å². The fraction of sp³-hybridized carbons (Fsp3) is 0.467. The van der Waals surface area contributed by atoms with Crippen LogP contribution in [0.4, 0.5) is 0 Å². The van der Waals surface area contributed by atoms with E-state index in [0.717, 1.165) is 30.4 Å². The molecule has 1 aliphatic heterocycles. The van der Waals surface area contributed by atoms with Crippen LogP contribution < -0.4 is 5.32 Å².